The molecular formula is C19H23BrN2O5S. The maximum absolute atomic E-state index is 13.1. The van der Waals surface area contributed by atoms with Crippen LogP contribution in [0.25, 0.3) is 0 Å². The van der Waals surface area contributed by atoms with Gasteiger partial charge >= 0.3 is 0 Å². The molecule has 1 aliphatic heterocycles. The second-order valence-corrected chi connectivity index (χ2v) is 9.05. The molecule has 0 spiro atoms. The Hall–Kier alpha value is -1.97. The summed E-state index contributed by atoms with van der Waals surface area (Å²) >= 11 is 3.34. The molecule has 0 radical (unpaired) electrons. The van der Waals surface area contributed by atoms with Crippen molar-refractivity contribution in [2.45, 2.75) is 4.90 Å². The number of hydrogen-bond donors (Lipinski definition) is 0. The zero-order chi connectivity index (χ0) is 20.3. The van der Waals surface area contributed by atoms with Crippen LogP contribution in [-0.4, -0.2) is 60.2 Å². The minimum absolute atomic E-state index is 0.167. The van der Waals surface area contributed by atoms with Crippen molar-refractivity contribution < 1.29 is 22.6 Å². The van der Waals surface area contributed by atoms with Crippen LogP contribution in [-0.2, 0) is 10.0 Å². The highest BCUT2D eigenvalue weighted by molar-refractivity contribution is 9.10. The first-order valence-corrected chi connectivity index (χ1v) is 10.9. The lowest BCUT2D eigenvalue weighted by Gasteiger charge is -2.36. The maximum Gasteiger partial charge on any atom is 0.246 e. The van der Waals surface area contributed by atoms with Gasteiger partial charge in [-0.2, -0.15) is 4.31 Å². The summed E-state index contributed by atoms with van der Waals surface area (Å²) in [6, 6.07) is 10.6. The Balaban J connectivity index is 1.80. The van der Waals surface area contributed by atoms with E-state index in [9.17, 15) is 8.42 Å². The molecule has 7 nitrogen and oxygen atoms in total. The van der Waals surface area contributed by atoms with Gasteiger partial charge in [-0.05, 0) is 30.3 Å². The molecule has 152 valence electrons. The number of ether oxygens (including phenoxy) is 3. The minimum atomic E-state index is -3.66. The number of sulfonamides is 1. The molecule has 0 aromatic heterocycles. The fourth-order valence-corrected chi connectivity index (χ4v) is 5.32. The lowest BCUT2D eigenvalue weighted by molar-refractivity contribution is 0.369. The standard InChI is InChI=1S/C19H23BrN2O5S/c1-25-15-5-6-16(18(13-15)27-3)21-8-10-22(11-9-21)28(23,24)19-12-14(20)4-7-17(19)26-2/h4-7,12-13H,8-11H2,1-3H3. The third-order valence-electron chi connectivity index (χ3n) is 4.71. The fraction of sp³-hybridized carbons (Fsp3) is 0.368. The Labute approximate surface area is 174 Å². The Morgan fingerprint density at radius 3 is 2.14 bits per heavy atom. The van der Waals surface area contributed by atoms with Crippen LogP contribution < -0.4 is 19.1 Å². The van der Waals surface area contributed by atoms with Gasteiger partial charge in [0, 0.05) is 36.7 Å². The first-order valence-electron chi connectivity index (χ1n) is 8.71. The topological polar surface area (TPSA) is 68.3 Å². The summed E-state index contributed by atoms with van der Waals surface area (Å²) in [7, 11) is 1.02. The van der Waals surface area contributed by atoms with Crippen LogP contribution in [0.15, 0.2) is 45.8 Å². The summed E-state index contributed by atoms with van der Waals surface area (Å²) < 4.78 is 44.4. The predicted octanol–water partition coefficient (Wildman–Crippen LogP) is 2.99. The molecule has 3 rings (SSSR count). The van der Waals surface area contributed by atoms with E-state index in [1.54, 1.807) is 32.4 Å². The van der Waals surface area contributed by atoms with E-state index in [0.29, 0.717) is 47.9 Å². The molecule has 2 aromatic rings. The van der Waals surface area contributed by atoms with Gasteiger partial charge in [0.05, 0.1) is 27.0 Å². The lowest BCUT2D eigenvalue weighted by atomic mass is 10.2. The van der Waals surface area contributed by atoms with Crippen LogP contribution in [0.1, 0.15) is 0 Å². The molecule has 1 fully saturated rings. The highest BCUT2D eigenvalue weighted by atomic mass is 79.9. The van der Waals surface area contributed by atoms with Crippen molar-refractivity contribution in [3.63, 3.8) is 0 Å². The first-order chi connectivity index (χ1) is 13.4. The summed E-state index contributed by atoms with van der Waals surface area (Å²) in [5.41, 5.74) is 0.917. The Bertz CT molecular complexity index is 943. The predicted molar refractivity (Wildman–Crippen MR) is 111 cm³/mol. The molecule has 1 saturated heterocycles. The van der Waals surface area contributed by atoms with Gasteiger partial charge in [0.1, 0.15) is 22.1 Å². The Morgan fingerprint density at radius 1 is 0.857 bits per heavy atom. The first kappa shape index (κ1) is 20.8. The second-order valence-electron chi connectivity index (χ2n) is 6.22. The van der Waals surface area contributed by atoms with E-state index in [2.05, 4.69) is 20.8 Å². The van der Waals surface area contributed by atoms with E-state index in [-0.39, 0.29) is 4.90 Å². The molecule has 9 heteroatoms. The minimum Gasteiger partial charge on any atom is -0.497 e. The van der Waals surface area contributed by atoms with Crippen molar-refractivity contribution in [2.24, 2.45) is 0 Å². The summed E-state index contributed by atoms with van der Waals surface area (Å²) in [6.07, 6.45) is 0. The highest BCUT2D eigenvalue weighted by Crippen LogP contribution is 2.34. The molecular weight excluding hydrogens is 448 g/mol. The van der Waals surface area contributed by atoms with Gasteiger partial charge in [-0.15, -0.1) is 0 Å². The number of benzene rings is 2. The summed E-state index contributed by atoms with van der Waals surface area (Å²) in [6.45, 7) is 1.84. The van der Waals surface area contributed by atoms with Crippen molar-refractivity contribution >= 4 is 31.6 Å². The SMILES string of the molecule is COc1ccc(N2CCN(S(=O)(=O)c3cc(Br)ccc3OC)CC2)c(OC)c1. The van der Waals surface area contributed by atoms with E-state index in [4.69, 9.17) is 14.2 Å². The van der Waals surface area contributed by atoms with E-state index in [1.165, 1.54) is 11.4 Å². The molecule has 0 unspecified atom stereocenters. The molecule has 0 saturated carbocycles. The van der Waals surface area contributed by atoms with E-state index >= 15 is 0 Å². The molecule has 0 bridgehead atoms. The maximum atomic E-state index is 13.1. The number of halogens is 1. The molecule has 0 aliphatic carbocycles. The van der Waals surface area contributed by atoms with Gasteiger partial charge in [-0.3, -0.25) is 0 Å². The van der Waals surface area contributed by atoms with Crippen LogP contribution in [0, 0.1) is 0 Å². The van der Waals surface area contributed by atoms with E-state index in [1.807, 2.05) is 18.2 Å². The average Bonchev–Trinajstić information content (AvgIpc) is 2.73. The van der Waals surface area contributed by atoms with Crippen molar-refractivity contribution in [1.82, 2.24) is 4.31 Å². The summed E-state index contributed by atoms with van der Waals surface area (Å²) in [5, 5.41) is 0. The smallest absolute Gasteiger partial charge is 0.246 e. The van der Waals surface area contributed by atoms with E-state index < -0.39 is 10.0 Å². The number of nitrogens with zero attached hydrogens (tertiary/aromatic N) is 2. The van der Waals surface area contributed by atoms with E-state index in [0.717, 1.165) is 5.69 Å². The fourth-order valence-electron chi connectivity index (χ4n) is 3.21. The van der Waals surface area contributed by atoms with Crippen molar-refractivity contribution in [2.75, 3.05) is 52.4 Å². The molecule has 0 N–H and O–H groups in total. The number of rotatable bonds is 6. The second kappa shape index (κ2) is 8.59. The average molecular weight is 471 g/mol. The lowest BCUT2D eigenvalue weighted by Crippen LogP contribution is -2.48. The molecule has 2 aromatic carbocycles. The van der Waals surface area contributed by atoms with Gasteiger partial charge in [-0.25, -0.2) is 8.42 Å². The largest absolute Gasteiger partial charge is 0.497 e. The summed E-state index contributed by atoms with van der Waals surface area (Å²) in [5.74, 6) is 1.75. The number of hydrogen-bond acceptors (Lipinski definition) is 6. The third-order valence-corrected chi connectivity index (χ3v) is 7.12. The van der Waals surface area contributed by atoms with Crippen LogP contribution in [0.5, 0.6) is 17.2 Å². The monoisotopic (exact) mass is 470 g/mol. The molecule has 0 amide bonds. The van der Waals surface area contributed by atoms with Gasteiger partial charge in [0.25, 0.3) is 0 Å². The van der Waals surface area contributed by atoms with Gasteiger partial charge in [-0.1, -0.05) is 15.9 Å². The van der Waals surface area contributed by atoms with Gasteiger partial charge < -0.3 is 19.1 Å². The van der Waals surface area contributed by atoms with Crippen molar-refractivity contribution in [3.8, 4) is 17.2 Å². The van der Waals surface area contributed by atoms with Crippen molar-refractivity contribution in [3.05, 3.63) is 40.9 Å². The van der Waals surface area contributed by atoms with Crippen LogP contribution in [0.3, 0.4) is 0 Å². The van der Waals surface area contributed by atoms with Crippen molar-refractivity contribution in [1.29, 1.82) is 0 Å². The van der Waals surface area contributed by atoms with Crippen LogP contribution in [0.2, 0.25) is 0 Å². The molecule has 0 atom stereocenters. The highest BCUT2D eigenvalue weighted by Gasteiger charge is 2.31. The number of anilines is 1. The Morgan fingerprint density at radius 2 is 1.54 bits per heavy atom. The van der Waals surface area contributed by atoms with Gasteiger partial charge in [0.15, 0.2) is 0 Å². The third kappa shape index (κ3) is 4.06. The zero-order valence-electron chi connectivity index (χ0n) is 16.0. The molecule has 1 aliphatic rings. The zero-order valence-corrected chi connectivity index (χ0v) is 18.4. The number of methoxy groups -OCH3 is 3. The summed E-state index contributed by atoms with van der Waals surface area (Å²) in [4.78, 5) is 2.28. The molecule has 1 heterocycles. The van der Waals surface area contributed by atoms with Crippen LogP contribution >= 0.6 is 15.9 Å². The number of piperazine rings is 1. The normalized spacial score (nSPS) is 15.4. The van der Waals surface area contributed by atoms with Gasteiger partial charge in [0.2, 0.25) is 10.0 Å². The Kier molecular flexibility index (Phi) is 6.36. The van der Waals surface area contributed by atoms with Crippen LogP contribution in [0.4, 0.5) is 5.69 Å². The quantitative estimate of drug-likeness (QED) is 0.646. The molecule has 28 heavy (non-hydrogen) atoms.